The first-order chi connectivity index (χ1) is 10.7. The molecule has 2 amide bonds. The first kappa shape index (κ1) is 18.6. The van der Waals surface area contributed by atoms with E-state index in [0.717, 1.165) is 0 Å². The second kappa shape index (κ2) is 8.26. The van der Waals surface area contributed by atoms with Gasteiger partial charge in [0.2, 0.25) is 11.8 Å². The van der Waals surface area contributed by atoms with Gasteiger partial charge in [-0.25, -0.2) is 9.18 Å². The highest BCUT2D eigenvalue weighted by Gasteiger charge is 2.28. The molecule has 7 heteroatoms. The van der Waals surface area contributed by atoms with Crippen LogP contribution in [0.15, 0.2) is 24.3 Å². The van der Waals surface area contributed by atoms with Crippen molar-refractivity contribution in [2.45, 2.75) is 39.3 Å². The Balaban J connectivity index is 2.92. The van der Waals surface area contributed by atoms with Gasteiger partial charge in [0.25, 0.3) is 0 Å². The third kappa shape index (κ3) is 5.69. The van der Waals surface area contributed by atoms with Crippen LogP contribution < -0.4 is 10.6 Å². The molecule has 23 heavy (non-hydrogen) atoms. The first-order valence-electron chi connectivity index (χ1n) is 7.26. The topological polar surface area (TPSA) is 95.5 Å². The van der Waals surface area contributed by atoms with Crippen LogP contribution in [-0.4, -0.2) is 35.0 Å². The number of carbonyl (C=O) groups excluding carboxylic acids is 2. The lowest BCUT2D eigenvalue weighted by Gasteiger charge is -2.23. The van der Waals surface area contributed by atoms with Crippen molar-refractivity contribution in [1.29, 1.82) is 0 Å². The number of benzene rings is 1. The number of carboxylic acid groups (broad SMARTS) is 1. The summed E-state index contributed by atoms with van der Waals surface area (Å²) in [6, 6.07) is 3.77. The summed E-state index contributed by atoms with van der Waals surface area (Å²) in [4.78, 5) is 34.8. The molecular formula is C16H21FN2O4. The normalized spacial score (nSPS) is 13.3. The summed E-state index contributed by atoms with van der Waals surface area (Å²) < 4.78 is 13.7. The van der Waals surface area contributed by atoms with Gasteiger partial charge in [0, 0.05) is 13.3 Å². The van der Waals surface area contributed by atoms with E-state index in [1.165, 1.54) is 25.1 Å². The number of amides is 2. The Labute approximate surface area is 134 Å². The first-order valence-corrected chi connectivity index (χ1v) is 7.26. The number of hydrogen-bond acceptors (Lipinski definition) is 3. The summed E-state index contributed by atoms with van der Waals surface area (Å²) in [5.41, 5.74) is 0.262. The monoisotopic (exact) mass is 324 g/mol. The van der Waals surface area contributed by atoms with Gasteiger partial charge < -0.3 is 15.7 Å². The van der Waals surface area contributed by atoms with Crippen LogP contribution in [0.3, 0.4) is 0 Å². The van der Waals surface area contributed by atoms with Crippen LogP contribution in [0.2, 0.25) is 0 Å². The third-order valence-corrected chi connectivity index (χ3v) is 3.31. The molecule has 0 unspecified atom stereocenters. The van der Waals surface area contributed by atoms with Gasteiger partial charge in [-0.3, -0.25) is 9.59 Å². The zero-order valence-electron chi connectivity index (χ0n) is 13.3. The average Bonchev–Trinajstić information content (AvgIpc) is 2.44. The molecular weight excluding hydrogens is 303 g/mol. The zero-order chi connectivity index (χ0) is 17.6. The Morgan fingerprint density at radius 1 is 1.17 bits per heavy atom. The van der Waals surface area contributed by atoms with Crippen LogP contribution in [0.4, 0.5) is 4.39 Å². The van der Waals surface area contributed by atoms with E-state index in [1.807, 2.05) is 0 Å². The van der Waals surface area contributed by atoms with Gasteiger partial charge in [-0.05, 0) is 17.5 Å². The lowest BCUT2D eigenvalue weighted by Crippen LogP contribution is -2.53. The van der Waals surface area contributed by atoms with Crippen LogP contribution in [0.25, 0.3) is 0 Å². The van der Waals surface area contributed by atoms with E-state index in [-0.39, 0.29) is 17.9 Å². The molecule has 0 radical (unpaired) electrons. The number of aliphatic carboxylic acids is 1. The van der Waals surface area contributed by atoms with Crippen molar-refractivity contribution >= 4 is 17.8 Å². The number of carbonyl (C=O) groups is 3. The molecule has 0 saturated carbocycles. The summed E-state index contributed by atoms with van der Waals surface area (Å²) in [6.07, 6.45) is -0.0669. The van der Waals surface area contributed by atoms with Crippen LogP contribution >= 0.6 is 0 Å². The SMILES string of the molecule is CC(=O)N[C@@H](Cc1ccccc1F)C(=O)N[C@H](C(=O)O)C(C)C. The molecule has 0 saturated heterocycles. The number of rotatable bonds is 7. The fraction of sp³-hybridized carbons (Fsp3) is 0.438. The minimum absolute atomic E-state index is 0.0669. The molecule has 0 aromatic heterocycles. The van der Waals surface area contributed by atoms with E-state index in [4.69, 9.17) is 5.11 Å². The van der Waals surface area contributed by atoms with E-state index in [0.29, 0.717) is 0 Å². The van der Waals surface area contributed by atoms with E-state index >= 15 is 0 Å². The summed E-state index contributed by atoms with van der Waals surface area (Å²) >= 11 is 0. The number of halogens is 1. The molecule has 0 fully saturated rings. The second-order valence-corrected chi connectivity index (χ2v) is 5.62. The van der Waals surface area contributed by atoms with Gasteiger partial charge in [-0.1, -0.05) is 32.0 Å². The van der Waals surface area contributed by atoms with Crippen molar-refractivity contribution in [3.05, 3.63) is 35.6 Å². The predicted octanol–water partition coefficient (Wildman–Crippen LogP) is 1.10. The summed E-state index contributed by atoms with van der Waals surface area (Å²) in [6.45, 7) is 4.55. The Morgan fingerprint density at radius 3 is 2.26 bits per heavy atom. The zero-order valence-corrected chi connectivity index (χ0v) is 13.3. The molecule has 0 aliphatic heterocycles. The van der Waals surface area contributed by atoms with Gasteiger partial charge >= 0.3 is 5.97 Å². The minimum atomic E-state index is -1.17. The molecule has 0 bridgehead atoms. The Kier molecular flexibility index (Phi) is 6.68. The molecule has 0 spiro atoms. The molecule has 3 N–H and O–H groups in total. The summed E-state index contributed by atoms with van der Waals surface area (Å²) in [5, 5.41) is 13.9. The average molecular weight is 324 g/mol. The molecule has 1 aromatic carbocycles. The van der Waals surface area contributed by atoms with Gasteiger partial charge in [-0.15, -0.1) is 0 Å². The molecule has 1 aromatic rings. The van der Waals surface area contributed by atoms with Crippen LogP contribution in [0, 0.1) is 11.7 Å². The Bertz CT molecular complexity index is 589. The highest BCUT2D eigenvalue weighted by atomic mass is 19.1. The number of hydrogen-bond donors (Lipinski definition) is 3. The predicted molar refractivity (Wildman–Crippen MR) is 82.1 cm³/mol. The maximum Gasteiger partial charge on any atom is 0.326 e. The highest BCUT2D eigenvalue weighted by molar-refractivity contribution is 5.90. The maximum absolute atomic E-state index is 13.7. The Morgan fingerprint density at radius 2 is 1.78 bits per heavy atom. The lowest BCUT2D eigenvalue weighted by molar-refractivity contribution is -0.143. The molecule has 0 aliphatic carbocycles. The quantitative estimate of drug-likeness (QED) is 0.700. The van der Waals surface area contributed by atoms with Gasteiger partial charge in [0.05, 0.1) is 0 Å². The van der Waals surface area contributed by atoms with Gasteiger partial charge in [0.15, 0.2) is 0 Å². The van der Waals surface area contributed by atoms with E-state index in [9.17, 15) is 18.8 Å². The maximum atomic E-state index is 13.7. The summed E-state index contributed by atoms with van der Waals surface area (Å²) in [7, 11) is 0. The van der Waals surface area contributed by atoms with E-state index in [2.05, 4.69) is 10.6 Å². The van der Waals surface area contributed by atoms with Crippen LogP contribution in [-0.2, 0) is 20.8 Å². The summed E-state index contributed by atoms with van der Waals surface area (Å²) in [5.74, 6) is -3.11. The molecule has 2 atom stereocenters. The lowest BCUT2D eigenvalue weighted by atomic mass is 10.0. The number of carboxylic acids is 1. The van der Waals surface area contributed by atoms with E-state index in [1.54, 1.807) is 19.9 Å². The largest absolute Gasteiger partial charge is 0.480 e. The fourth-order valence-electron chi connectivity index (χ4n) is 2.11. The Hall–Kier alpha value is -2.44. The van der Waals surface area contributed by atoms with Crippen molar-refractivity contribution in [2.24, 2.45) is 5.92 Å². The van der Waals surface area contributed by atoms with Crippen molar-refractivity contribution in [3.63, 3.8) is 0 Å². The third-order valence-electron chi connectivity index (χ3n) is 3.31. The molecule has 126 valence electrons. The second-order valence-electron chi connectivity index (χ2n) is 5.62. The smallest absolute Gasteiger partial charge is 0.326 e. The van der Waals surface area contributed by atoms with Crippen molar-refractivity contribution < 1.29 is 23.9 Å². The van der Waals surface area contributed by atoms with Gasteiger partial charge in [0.1, 0.15) is 17.9 Å². The molecule has 0 aliphatic rings. The van der Waals surface area contributed by atoms with Crippen molar-refractivity contribution in [2.75, 3.05) is 0 Å². The minimum Gasteiger partial charge on any atom is -0.480 e. The number of nitrogens with one attached hydrogen (secondary N) is 2. The molecule has 6 nitrogen and oxygen atoms in total. The van der Waals surface area contributed by atoms with Crippen LogP contribution in [0.5, 0.6) is 0 Å². The van der Waals surface area contributed by atoms with Crippen LogP contribution in [0.1, 0.15) is 26.3 Å². The van der Waals surface area contributed by atoms with Gasteiger partial charge in [-0.2, -0.15) is 0 Å². The standard InChI is InChI=1S/C16H21FN2O4/c1-9(2)14(16(22)23)19-15(21)13(18-10(3)20)8-11-6-4-5-7-12(11)17/h4-7,9,13-14H,8H2,1-3H3,(H,18,20)(H,19,21)(H,22,23)/t13-,14-/m0/s1. The van der Waals surface area contributed by atoms with Crippen molar-refractivity contribution in [3.8, 4) is 0 Å². The van der Waals surface area contributed by atoms with Crippen molar-refractivity contribution in [1.82, 2.24) is 10.6 Å². The van der Waals surface area contributed by atoms with E-state index < -0.39 is 35.7 Å². The molecule has 0 heterocycles. The molecule has 1 rings (SSSR count). The fourth-order valence-corrected chi connectivity index (χ4v) is 2.11. The highest BCUT2D eigenvalue weighted by Crippen LogP contribution is 2.10.